The van der Waals surface area contributed by atoms with Gasteiger partial charge in [-0.05, 0) is 16.7 Å². The molecular weight excluding hydrogens is 456 g/mol. The maximum absolute atomic E-state index is 11.2. The Kier molecular flexibility index (Phi) is 9.78. The van der Waals surface area contributed by atoms with Crippen molar-refractivity contribution in [2.24, 2.45) is 0 Å². The van der Waals surface area contributed by atoms with E-state index < -0.39 is 24.4 Å². The van der Waals surface area contributed by atoms with Gasteiger partial charge in [0.05, 0.1) is 44.6 Å². The third-order valence-corrected chi connectivity index (χ3v) is 5.82. The summed E-state index contributed by atoms with van der Waals surface area (Å²) in [5, 5.41) is 22.5. The number of aliphatic hydroxyl groups excluding tert-OH is 2. The van der Waals surface area contributed by atoms with Crippen LogP contribution >= 0.6 is 0 Å². The fourth-order valence-corrected chi connectivity index (χ4v) is 3.90. The second-order valence-corrected chi connectivity index (χ2v) is 8.54. The van der Waals surface area contributed by atoms with Crippen LogP contribution in [0.25, 0.3) is 0 Å². The molecule has 36 heavy (non-hydrogen) atoms. The van der Waals surface area contributed by atoms with Crippen molar-refractivity contribution in [1.82, 2.24) is 9.97 Å². The van der Waals surface area contributed by atoms with Crippen molar-refractivity contribution < 1.29 is 24.4 Å². The highest BCUT2D eigenvalue weighted by Crippen LogP contribution is 2.26. The molecule has 4 atom stereocenters. The molecule has 4 aromatic rings. The highest BCUT2D eigenvalue weighted by molar-refractivity contribution is 5.15. The van der Waals surface area contributed by atoms with Gasteiger partial charge in [0.25, 0.3) is 0 Å². The number of hydrogen-bond donors (Lipinski definition) is 3. The lowest BCUT2D eigenvalue weighted by atomic mass is 10.0. The van der Waals surface area contributed by atoms with E-state index in [1.54, 1.807) is 0 Å². The number of nitrogens with one attached hydrogen (secondary N) is 1. The first-order valence-corrected chi connectivity index (χ1v) is 12.0. The molecule has 0 saturated carbocycles. The Labute approximate surface area is 211 Å². The van der Waals surface area contributed by atoms with E-state index in [1.165, 1.54) is 12.5 Å². The summed E-state index contributed by atoms with van der Waals surface area (Å²) in [5.41, 5.74) is 3.35. The molecular formula is C29H32N2O5. The van der Waals surface area contributed by atoms with Crippen molar-refractivity contribution in [3.8, 4) is 0 Å². The van der Waals surface area contributed by atoms with Crippen LogP contribution in [0.15, 0.2) is 104 Å². The molecule has 1 heterocycles. The van der Waals surface area contributed by atoms with Crippen molar-refractivity contribution in [3.63, 3.8) is 0 Å². The third kappa shape index (κ3) is 7.58. The Morgan fingerprint density at radius 1 is 0.667 bits per heavy atom. The molecule has 0 aliphatic carbocycles. The highest BCUT2D eigenvalue weighted by Gasteiger charge is 2.37. The van der Waals surface area contributed by atoms with Gasteiger partial charge in [-0.2, -0.15) is 0 Å². The first-order valence-electron chi connectivity index (χ1n) is 12.0. The van der Waals surface area contributed by atoms with Crippen LogP contribution in [0, 0.1) is 0 Å². The number of rotatable bonds is 14. The first-order chi connectivity index (χ1) is 17.7. The zero-order chi connectivity index (χ0) is 25.0. The fourth-order valence-electron chi connectivity index (χ4n) is 3.90. The molecule has 7 nitrogen and oxygen atoms in total. The van der Waals surface area contributed by atoms with Crippen LogP contribution in [-0.2, 0) is 34.0 Å². The van der Waals surface area contributed by atoms with E-state index in [1.807, 2.05) is 91.0 Å². The summed E-state index contributed by atoms with van der Waals surface area (Å²) in [6, 6.07) is 29.1. The third-order valence-electron chi connectivity index (χ3n) is 5.82. The molecule has 0 aliphatic rings. The lowest BCUT2D eigenvalue weighted by Gasteiger charge is -2.33. The molecule has 0 fully saturated rings. The van der Waals surface area contributed by atoms with Crippen LogP contribution in [0.4, 0.5) is 0 Å². The van der Waals surface area contributed by atoms with Gasteiger partial charge in [0.2, 0.25) is 0 Å². The largest absolute Gasteiger partial charge is 0.388 e. The van der Waals surface area contributed by atoms with E-state index in [0.29, 0.717) is 12.3 Å². The second-order valence-electron chi connectivity index (χ2n) is 8.54. The molecule has 0 saturated heterocycles. The summed E-state index contributed by atoms with van der Waals surface area (Å²) in [6.07, 6.45) is -0.925. The van der Waals surface area contributed by atoms with Gasteiger partial charge < -0.3 is 29.4 Å². The Balaban J connectivity index is 1.52. The van der Waals surface area contributed by atoms with Crippen LogP contribution < -0.4 is 0 Å². The number of nitrogens with zero attached hydrogens (tertiary/aromatic N) is 1. The first kappa shape index (κ1) is 25.8. The van der Waals surface area contributed by atoms with E-state index in [0.717, 1.165) is 16.7 Å². The van der Waals surface area contributed by atoms with Crippen LogP contribution in [0.5, 0.6) is 0 Å². The predicted octanol–water partition coefficient (Wildman–Crippen LogP) is 4.19. The minimum atomic E-state index is -1.11. The minimum Gasteiger partial charge on any atom is -0.388 e. The monoisotopic (exact) mass is 488 g/mol. The van der Waals surface area contributed by atoms with Crippen LogP contribution in [0.2, 0.25) is 0 Å². The molecule has 1 aromatic heterocycles. The SMILES string of the molecule is O[C@@H](COCc1ccccc1)[C@H](OCc1ccccc1)[C@@H](OCc1ccccc1)[C@@H](O)c1cnc[nH]1. The fraction of sp³-hybridized carbons (Fsp3) is 0.276. The molecule has 0 bridgehead atoms. The Bertz CT molecular complexity index is 1110. The summed E-state index contributed by atoms with van der Waals surface area (Å²) >= 11 is 0. The van der Waals surface area contributed by atoms with Crippen molar-refractivity contribution in [1.29, 1.82) is 0 Å². The molecule has 0 radical (unpaired) electrons. The van der Waals surface area contributed by atoms with Gasteiger partial charge >= 0.3 is 0 Å². The number of ether oxygens (including phenoxy) is 3. The molecule has 0 spiro atoms. The maximum atomic E-state index is 11.2. The second kappa shape index (κ2) is 13.7. The molecule has 0 unspecified atom stereocenters. The van der Waals surface area contributed by atoms with Crippen LogP contribution in [0.1, 0.15) is 28.5 Å². The predicted molar refractivity (Wildman–Crippen MR) is 136 cm³/mol. The summed E-state index contributed by atoms with van der Waals surface area (Å²) in [4.78, 5) is 6.96. The van der Waals surface area contributed by atoms with E-state index in [2.05, 4.69) is 9.97 Å². The van der Waals surface area contributed by atoms with E-state index >= 15 is 0 Å². The van der Waals surface area contributed by atoms with Gasteiger partial charge in [0.15, 0.2) is 0 Å². The van der Waals surface area contributed by atoms with Gasteiger partial charge in [-0.3, -0.25) is 0 Å². The van der Waals surface area contributed by atoms with Crippen LogP contribution in [0.3, 0.4) is 0 Å². The smallest absolute Gasteiger partial charge is 0.124 e. The lowest BCUT2D eigenvalue weighted by molar-refractivity contribution is -0.177. The van der Waals surface area contributed by atoms with E-state index in [4.69, 9.17) is 14.2 Å². The van der Waals surface area contributed by atoms with E-state index in [9.17, 15) is 10.2 Å². The molecule has 4 rings (SSSR count). The van der Waals surface area contributed by atoms with Crippen LogP contribution in [-0.4, -0.2) is 45.1 Å². The number of H-pyrrole nitrogens is 1. The average molecular weight is 489 g/mol. The number of benzene rings is 3. The number of aliphatic hydroxyl groups is 2. The quantitative estimate of drug-likeness (QED) is 0.246. The van der Waals surface area contributed by atoms with Gasteiger partial charge in [0, 0.05) is 0 Å². The Morgan fingerprint density at radius 2 is 1.17 bits per heavy atom. The standard InChI is InChI=1S/C29H32N2O5/c32-26(20-34-17-22-10-4-1-5-11-22)28(35-18-23-12-6-2-7-13-23)29(27(33)25-16-30-21-31-25)36-19-24-14-8-3-9-15-24/h1-16,21,26-29,32-33H,17-20H2,(H,30,31)/t26-,27-,28-,29-/m0/s1. The maximum Gasteiger partial charge on any atom is 0.124 e. The van der Waals surface area contributed by atoms with Gasteiger partial charge in [-0.1, -0.05) is 91.0 Å². The molecule has 0 amide bonds. The van der Waals surface area contributed by atoms with E-state index in [-0.39, 0.29) is 19.8 Å². The zero-order valence-electron chi connectivity index (χ0n) is 20.0. The van der Waals surface area contributed by atoms with Crippen molar-refractivity contribution >= 4 is 0 Å². The molecule has 0 aliphatic heterocycles. The van der Waals surface area contributed by atoms with Crippen molar-refractivity contribution in [2.75, 3.05) is 6.61 Å². The number of aromatic amines is 1. The summed E-state index contributed by atoms with van der Waals surface area (Å²) < 4.78 is 18.2. The number of imidazole rings is 1. The zero-order valence-corrected chi connectivity index (χ0v) is 20.0. The molecule has 7 heteroatoms. The summed E-state index contributed by atoms with van der Waals surface area (Å²) in [7, 11) is 0. The number of aromatic nitrogens is 2. The average Bonchev–Trinajstić information content (AvgIpc) is 3.47. The van der Waals surface area contributed by atoms with Gasteiger partial charge in [-0.25, -0.2) is 4.98 Å². The van der Waals surface area contributed by atoms with Crippen molar-refractivity contribution in [2.45, 2.75) is 44.2 Å². The van der Waals surface area contributed by atoms with Crippen molar-refractivity contribution in [3.05, 3.63) is 126 Å². The Hall–Kier alpha value is -3.33. The minimum absolute atomic E-state index is 0.00917. The normalized spacial score (nSPS) is 14.7. The number of hydrogen-bond acceptors (Lipinski definition) is 6. The molecule has 3 N–H and O–H groups in total. The lowest BCUT2D eigenvalue weighted by Crippen LogP contribution is -2.46. The summed E-state index contributed by atoms with van der Waals surface area (Å²) in [5.74, 6) is 0. The molecule has 3 aromatic carbocycles. The highest BCUT2D eigenvalue weighted by atomic mass is 16.6. The summed E-state index contributed by atoms with van der Waals surface area (Å²) in [6.45, 7) is 0.832. The van der Waals surface area contributed by atoms with Gasteiger partial charge in [0.1, 0.15) is 24.4 Å². The van der Waals surface area contributed by atoms with Gasteiger partial charge in [-0.15, -0.1) is 0 Å². The molecule has 188 valence electrons. The Morgan fingerprint density at radius 3 is 1.67 bits per heavy atom. The topological polar surface area (TPSA) is 96.8 Å².